The lowest BCUT2D eigenvalue weighted by atomic mass is 10.1. The van der Waals surface area contributed by atoms with Gasteiger partial charge in [0.25, 0.3) is 5.91 Å². The van der Waals surface area contributed by atoms with Crippen LogP contribution in [0.2, 0.25) is 0 Å². The van der Waals surface area contributed by atoms with E-state index in [1.54, 1.807) is 37.3 Å². The highest BCUT2D eigenvalue weighted by molar-refractivity contribution is 7.16. The molecule has 2 aromatic carbocycles. The van der Waals surface area contributed by atoms with Gasteiger partial charge in [0.2, 0.25) is 5.91 Å². The molecule has 30 heavy (non-hydrogen) atoms. The molecule has 1 heterocycles. The number of rotatable bonds is 5. The minimum atomic E-state index is -4.40. The summed E-state index contributed by atoms with van der Waals surface area (Å²) in [4.78, 5) is 27.9. The summed E-state index contributed by atoms with van der Waals surface area (Å²) in [6.45, 7) is 3.12. The quantitative estimate of drug-likeness (QED) is 0.576. The average molecular weight is 433 g/mol. The van der Waals surface area contributed by atoms with Gasteiger partial charge in [-0.25, -0.2) is 4.98 Å². The molecule has 9 heteroatoms. The first-order valence-electron chi connectivity index (χ1n) is 8.93. The number of halogens is 3. The predicted octanol–water partition coefficient (Wildman–Crippen LogP) is 5.27. The molecule has 5 nitrogen and oxygen atoms in total. The fraction of sp³-hybridized carbons (Fsp3) is 0.190. The Hall–Kier alpha value is -3.20. The monoisotopic (exact) mass is 433 g/mol. The van der Waals surface area contributed by atoms with E-state index in [9.17, 15) is 22.8 Å². The highest BCUT2D eigenvalue weighted by Gasteiger charge is 2.30. The second kappa shape index (κ2) is 8.66. The highest BCUT2D eigenvalue weighted by Crippen LogP contribution is 2.31. The number of amides is 2. The average Bonchev–Trinajstić information content (AvgIpc) is 3.00. The molecule has 1 aromatic heterocycles. The van der Waals surface area contributed by atoms with Gasteiger partial charge in [0, 0.05) is 24.6 Å². The van der Waals surface area contributed by atoms with Crippen molar-refractivity contribution in [1.29, 1.82) is 0 Å². The number of aryl methyl sites for hydroxylation is 1. The van der Waals surface area contributed by atoms with Gasteiger partial charge in [-0.05, 0) is 42.8 Å². The van der Waals surface area contributed by atoms with E-state index in [1.165, 1.54) is 24.3 Å². The van der Waals surface area contributed by atoms with Gasteiger partial charge >= 0.3 is 6.18 Å². The van der Waals surface area contributed by atoms with Crippen molar-refractivity contribution < 1.29 is 22.8 Å². The van der Waals surface area contributed by atoms with Crippen LogP contribution in [0.15, 0.2) is 48.5 Å². The summed E-state index contributed by atoms with van der Waals surface area (Å²) < 4.78 is 38.7. The molecule has 0 atom stereocenters. The van der Waals surface area contributed by atoms with E-state index < -0.39 is 11.7 Å². The summed E-state index contributed by atoms with van der Waals surface area (Å²) in [5.74, 6) is -0.553. The van der Waals surface area contributed by atoms with Crippen molar-refractivity contribution in [2.75, 3.05) is 10.6 Å². The van der Waals surface area contributed by atoms with Crippen LogP contribution in [0.3, 0.4) is 0 Å². The largest absolute Gasteiger partial charge is 0.416 e. The first kappa shape index (κ1) is 21.5. The maximum Gasteiger partial charge on any atom is 0.416 e. The molecule has 2 N–H and O–H groups in total. The van der Waals surface area contributed by atoms with E-state index in [2.05, 4.69) is 15.6 Å². The molecule has 0 spiro atoms. The van der Waals surface area contributed by atoms with Crippen molar-refractivity contribution in [2.24, 2.45) is 0 Å². The number of hydrogen-bond donors (Lipinski definition) is 2. The van der Waals surface area contributed by atoms with Crippen LogP contribution in [0.4, 0.5) is 23.9 Å². The van der Waals surface area contributed by atoms with E-state index in [1.807, 2.05) is 0 Å². The van der Waals surface area contributed by atoms with Crippen LogP contribution in [0.1, 0.15) is 39.1 Å². The van der Waals surface area contributed by atoms with Gasteiger partial charge in [-0.3, -0.25) is 9.59 Å². The van der Waals surface area contributed by atoms with Crippen LogP contribution < -0.4 is 10.6 Å². The van der Waals surface area contributed by atoms with Gasteiger partial charge in [0.15, 0.2) is 0 Å². The number of hydrogen-bond acceptors (Lipinski definition) is 4. The summed E-state index contributed by atoms with van der Waals surface area (Å²) in [5.41, 5.74) is 1.35. The number of thiazole rings is 1. The van der Waals surface area contributed by atoms with E-state index in [0.717, 1.165) is 12.1 Å². The van der Waals surface area contributed by atoms with Crippen molar-refractivity contribution in [2.45, 2.75) is 26.4 Å². The molecule has 0 unspecified atom stereocenters. The molecule has 0 saturated carbocycles. The van der Waals surface area contributed by atoms with Crippen LogP contribution in [0.5, 0.6) is 0 Å². The number of anilines is 2. The number of alkyl halides is 3. The topological polar surface area (TPSA) is 71.1 Å². The SMILES string of the molecule is CC(=O)Nc1ccc(C(=O)Nc2sc(Cc3cccc(C(F)(F)F)c3)nc2C)cc1. The Morgan fingerprint density at radius 3 is 2.40 bits per heavy atom. The lowest BCUT2D eigenvalue weighted by molar-refractivity contribution is -0.137. The molecule has 0 aliphatic rings. The van der Waals surface area contributed by atoms with Crippen molar-refractivity contribution >= 4 is 33.8 Å². The van der Waals surface area contributed by atoms with Crippen molar-refractivity contribution in [3.63, 3.8) is 0 Å². The van der Waals surface area contributed by atoms with Gasteiger partial charge in [0.05, 0.1) is 16.3 Å². The Bertz CT molecular complexity index is 1080. The number of nitrogens with one attached hydrogen (secondary N) is 2. The molecule has 0 bridgehead atoms. The lowest BCUT2D eigenvalue weighted by Gasteiger charge is -2.07. The molecule has 2 amide bonds. The minimum absolute atomic E-state index is 0.208. The van der Waals surface area contributed by atoms with E-state index in [4.69, 9.17) is 0 Å². The van der Waals surface area contributed by atoms with Gasteiger partial charge < -0.3 is 10.6 Å². The maximum atomic E-state index is 12.9. The third-order valence-corrected chi connectivity index (χ3v) is 5.22. The highest BCUT2D eigenvalue weighted by atomic mass is 32.1. The first-order chi connectivity index (χ1) is 14.1. The molecule has 0 saturated heterocycles. The molecular weight excluding hydrogens is 415 g/mol. The summed E-state index contributed by atoms with van der Waals surface area (Å²) in [5, 5.41) is 6.53. The Morgan fingerprint density at radius 1 is 1.07 bits per heavy atom. The van der Waals surface area contributed by atoms with Crippen LogP contribution in [-0.2, 0) is 17.4 Å². The summed E-state index contributed by atoms with van der Waals surface area (Å²) in [6.07, 6.45) is -4.17. The summed E-state index contributed by atoms with van der Waals surface area (Å²) in [7, 11) is 0. The Morgan fingerprint density at radius 2 is 1.77 bits per heavy atom. The zero-order valence-corrected chi connectivity index (χ0v) is 16.9. The molecular formula is C21H18F3N3O2S. The summed E-state index contributed by atoms with van der Waals surface area (Å²) >= 11 is 1.22. The smallest absolute Gasteiger partial charge is 0.326 e. The van der Waals surface area contributed by atoms with E-state index >= 15 is 0 Å². The number of nitrogens with zero attached hydrogens (tertiary/aromatic N) is 1. The third kappa shape index (κ3) is 5.44. The zero-order chi connectivity index (χ0) is 21.9. The normalized spacial score (nSPS) is 11.2. The predicted molar refractivity (Wildman–Crippen MR) is 110 cm³/mol. The number of carbonyl (C=O) groups is 2. The van der Waals surface area contributed by atoms with Gasteiger partial charge in [0.1, 0.15) is 5.00 Å². The third-order valence-electron chi connectivity index (χ3n) is 4.15. The molecule has 0 aliphatic carbocycles. The number of benzene rings is 2. The van der Waals surface area contributed by atoms with Crippen LogP contribution >= 0.6 is 11.3 Å². The second-order valence-corrected chi connectivity index (χ2v) is 7.69. The number of carbonyl (C=O) groups excluding carboxylic acids is 2. The van der Waals surface area contributed by atoms with Crippen molar-refractivity contribution in [3.05, 3.63) is 75.9 Å². The van der Waals surface area contributed by atoms with Gasteiger partial charge in [-0.15, -0.1) is 11.3 Å². The van der Waals surface area contributed by atoms with Crippen molar-refractivity contribution in [3.8, 4) is 0 Å². The van der Waals surface area contributed by atoms with Gasteiger partial charge in [-0.2, -0.15) is 13.2 Å². The molecule has 3 rings (SSSR count). The Balaban J connectivity index is 1.70. The van der Waals surface area contributed by atoms with E-state index in [-0.39, 0.29) is 18.2 Å². The second-order valence-electron chi connectivity index (χ2n) is 6.61. The minimum Gasteiger partial charge on any atom is -0.326 e. The fourth-order valence-electron chi connectivity index (χ4n) is 2.76. The first-order valence-corrected chi connectivity index (χ1v) is 9.75. The molecule has 3 aromatic rings. The number of aromatic nitrogens is 1. The molecule has 0 aliphatic heterocycles. The molecule has 0 fully saturated rings. The standard InChI is InChI=1S/C21H18F3N3O2S/c1-12-20(27-19(29)15-6-8-17(9-7-15)26-13(2)28)30-18(25-12)11-14-4-3-5-16(10-14)21(22,23)24/h3-10H,11H2,1-2H3,(H,26,28)(H,27,29). The molecule has 0 radical (unpaired) electrons. The fourth-order valence-corrected chi connectivity index (χ4v) is 3.75. The van der Waals surface area contributed by atoms with Crippen LogP contribution in [0, 0.1) is 6.92 Å². The molecule has 156 valence electrons. The van der Waals surface area contributed by atoms with Gasteiger partial charge in [-0.1, -0.05) is 18.2 Å². The summed E-state index contributed by atoms with van der Waals surface area (Å²) in [6, 6.07) is 11.5. The van der Waals surface area contributed by atoms with Crippen LogP contribution in [-0.4, -0.2) is 16.8 Å². The zero-order valence-electron chi connectivity index (χ0n) is 16.1. The Labute approximate surface area is 175 Å². The van der Waals surface area contributed by atoms with Crippen molar-refractivity contribution in [1.82, 2.24) is 4.98 Å². The van der Waals surface area contributed by atoms with Crippen LogP contribution in [0.25, 0.3) is 0 Å². The maximum absolute atomic E-state index is 12.9. The Kier molecular flexibility index (Phi) is 6.21. The lowest BCUT2D eigenvalue weighted by Crippen LogP contribution is -2.12. The van der Waals surface area contributed by atoms with E-state index in [0.29, 0.717) is 32.5 Å².